The number of ether oxygens (including phenoxy) is 2. The fraction of sp³-hybridized carbons (Fsp3) is 0.350. The molecule has 0 N–H and O–H groups in total. The molecule has 4 rings (SSSR count). The van der Waals surface area contributed by atoms with Crippen LogP contribution in [0.4, 0.5) is 5.95 Å². The Labute approximate surface area is 168 Å². The highest BCUT2D eigenvalue weighted by Crippen LogP contribution is 2.25. The van der Waals surface area contributed by atoms with Gasteiger partial charge in [-0.3, -0.25) is 0 Å². The Morgan fingerprint density at radius 3 is 2.64 bits per heavy atom. The minimum Gasteiger partial charge on any atom is -0.487 e. The van der Waals surface area contributed by atoms with Crippen LogP contribution in [0.5, 0.6) is 5.75 Å². The summed E-state index contributed by atoms with van der Waals surface area (Å²) in [5, 5.41) is 0.604. The van der Waals surface area contributed by atoms with Crippen molar-refractivity contribution in [1.82, 2.24) is 19.5 Å². The Hall–Kier alpha value is -2.64. The van der Waals surface area contributed by atoms with Crippen molar-refractivity contribution in [2.24, 2.45) is 0 Å². The molecule has 1 saturated heterocycles. The molecule has 1 atom stereocenters. The molecule has 0 bridgehead atoms. The second-order valence-corrected chi connectivity index (χ2v) is 7.07. The molecule has 146 valence electrons. The summed E-state index contributed by atoms with van der Waals surface area (Å²) >= 11 is 6.18. The molecule has 1 aliphatic heterocycles. The molecular weight excluding hydrogens is 378 g/mol. The smallest absolute Gasteiger partial charge is 0.225 e. The minimum atomic E-state index is -0.0820. The minimum absolute atomic E-state index is 0.0820. The lowest BCUT2D eigenvalue weighted by Gasteiger charge is -2.26. The van der Waals surface area contributed by atoms with Gasteiger partial charge in [0.05, 0.1) is 43.0 Å². The zero-order chi connectivity index (χ0) is 19.3. The zero-order valence-corrected chi connectivity index (χ0v) is 16.4. The molecular formula is C20H22ClN5O2. The van der Waals surface area contributed by atoms with Crippen molar-refractivity contribution in [1.29, 1.82) is 0 Å². The third kappa shape index (κ3) is 4.26. The first-order valence-electron chi connectivity index (χ1n) is 9.27. The second-order valence-electron chi connectivity index (χ2n) is 6.66. The highest BCUT2D eigenvalue weighted by atomic mass is 35.5. The van der Waals surface area contributed by atoms with Crippen LogP contribution in [0.2, 0.25) is 5.02 Å². The SMILES string of the molecule is C[C@@H](Cn1cncc1-c1cnc(N2CCOCC2)nc1)Oc1ccccc1Cl. The highest BCUT2D eigenvalue weighted by molar-refractivity contribution is 6.32. The van der Waals surface area contributed by atoms with Gasteiger partial charge < -0.3 is 18.9 Å². The molecule has 8 heteroatoms. The van der Waals surface area contributed by atoms with Gasteiger partial charge in [0.25, 0.3) is 0 Å². The van der Waals surface area contributed by atoms with Gasteiger partial charge in [-0.25, -0.2) is 15.0 Å². The van der Waals surface area contributed by atoms with Crippen molar-refractivity contribution in [2.75, 3.05) is 31.2 Å². The molecule has 1 fully saturated rings. The number of benzene rings is 1. The summed E-state index contributed by atoms with van der Waals surface area (Å²) in [6.07, 6.45) is 7.20. The van der Waals surface area contributed by atoms with E-state index in [4.69, 9.17) is 21.1 Å². The van der Waals surface area contributed by atoms with Gasteiger partial charge in [0.15, 0.2) is 0 Å². The summed E-state index contributed by atoms with van der Waals surface area (Å²) in [4.78, 5) is 15.5. The quantitative estimate of drug-likeness (QED) is 0.633. The van der Waals surface area contributed by atoms with E-state index in [9.17, 15) is 0 Å². The van der Waals surface area contributed by atoms with Gasteiger partial charge in [-0.2, -0.15) is 0 Å². The van der Waals surface area contributed by atoms with Gasteiger partial charge >= 0.3 is 0 Å². The Bertz CT molecular complexity index is 909. The predicted molar refractivity (Wildman–Crippen MR) is 108 cm³/mol. The number of aromatic nitrogens is 4. The number of halogens is 1. The average Bonchev–Trinajstić information content (AvgIpc) is 3.18. The third-order valence-electron chi connectivity index (χ3n) is 4.56. The van der Waals surface area contributed by atoms with Crippen molar-refractivity contribution in [3.8, 4) is 17.0 Å². The van der Waals surface area contributed by atoms with Gasteiger partial charge in [-0.15, -0.1) is 0 Å². The summed E-state index contributed by atoms with van der Waals surface area (Å²) in [7, 11) is 0. The summed E-state index contributed by atoms with van der Waals surface area (Å²) in [6.45, 7) is 5.68. The zero-order valence-electron chi connectivity index (χ0n) is 15.7. The number of nitrogens with zero attached hydrogens (tertiary/aromatic N) is 5. The first-order chi connectivity index (χ1) is 13.7. The van der Waals surface area contributed by atoms with E-state index >= 15 is 0 Å². The molecule has 0 aliphatic carbocycles. The van der Waals surface area contributed by atoms with E-state index in [2.05, 4.69) is 19.9 Å². The van der Waals surface area contributed by atoms with Crippen LogP contribution >= 0.6 is 11.6 Å². The van der Waals surface area contributed by atoms with Crippen molar-refractivity contribution in [2.45, 2.75) is 19.6 Å². The molecule has 28 heavy (non-hydrogen) atoms. The van der Waals surface area contributed by atoms with E-state index < -0.39 is 0 Å². The van der Waals surface area contributed by atoms with Crippen LogP contribution in [0, 0.1) is 0 Å². The van der Waals surface area contributed by atoms with Gasteiger partial charge in [0.1, 0.15) is 11.9 Å². The van der Waals surface area contributed by atoms with Crippen LogP contribution in [0.3, 0.4) is 0 Å². The number of imidazole rings is 1. The van der Waals surface area contributed by atoms with Crippen molar-refractivity contribution in [3.63, 3.8) is 0 Å². The lowest BCUT2D eigenvalue weighted by molar-refractivity contribution is 0.122. The maximum atomic E-state index is 6.18. The maximum Gasteiger partial charge on any atom is 0.225 e. The maximum absolute atomic E-state index is 6.18. The summed E-state index contributed by atoms with van der Waals surface area (Å²) < 4.78 is 13.4. The van der Waals surface area contributed by atoms with Crippen LogP contribution in [0.15, 0.2) is 49.2 Å². The molecule has 7 nitrogen and oxygen atoms in total. The van der Waals surface area contributed by atoms with Gasteiger partial charge in [0.2, 0.25) is 5.95 Å². The van der Waals surface area contributed by atoms with Crippen molar-refractivity contribution >= 4 is 17.5 Å². The van der Waals surface area contributed by atoms with E-state index in [1.807, 2.05) is 54.3 Å². The first-order valence-corrected chi connectivity index (χ1v) is 9.65. The molecule has 0 radical (unpaired) electrons. The van der Waals surface area contributed by atoms with Crippen LogP contribution in [-0.2, 0) is 11.3 Å². The van der Waals surface area contributed by atoms with Crippen LogP contribution in [0.1, 0.15) is 6.92 Å². The Morgan fingerprint density at radius 2 is 1.89 bits per heavy atom. The molecule has 3 aromatic rings. The van der Waals surface area contributed by atoms with Crippen LogP contribution in [-0.4, -0.2) is 51.9 Å². The van der Waals surface area contributed by atoms with Gasteiger partial charge in [-0.1, -0.05) is 23.7 Å². The highest BCUT2D eigenvalue weighted by Gasteiger charge is 2.15. The molecule has 0 spiro atoms. The fourth-order valence-corrected chi connectivity index (χ4v) is 3.34. The monoisotopic (exact) mass is 399 g/mol. The lowest BCUT2D eigenvalue weighted by Crippen LogP contribution is -2.37. The Kier molecular flexibility index (Phi) is 5.73. The van der Waals surface area contributed by atoms with E-state index in [0.717, 1.165) is 30.3 Å². The molecule has 2 aromatic heterocycles. The molecule has 1 aromatic carbocycles. The van der Waals surface area contributed by atoms with E-state index in [1.54, 1.807) is 6.33 Å². The summed E-state index contributed by atoms with van der Waals surface area (Å²) in [5.74, 6) is 1.41. The summed E-state index contributed by atoms with van der Waals surface area (Å²) in [6, 6.07) is 7.48. The van der Waals surface area contributed by atoms with Crippen LogP contribution < -0.4 is 9.64 Å². The first kappa shape index (κ1) is 18.7. The molecule has 1 aliphatic rings. The lowest BCUT2D eigenvalue weighted by atomic mass is 10.2. The molecule has 0 unspecified atom stereocenters. The van der Waals surface area contributed by atoms with Gasteiger partial charge in [0, 0.05) is 31.0 Å². The number of morpholine rings is 1. The van der Waals surface area contributed by atoms with Crippen LogP contribution in [0.25, 0.3) is 11.3 Å². The molecule has 3 heterocycles. The number of hydrogen-bond acceptors (Lipinski definition) is 6. The standard InChI is InChI=1S/C20H22ClN5O2/c1-15(28-19-5-3-2-4-17(19)21)13-26-14-22-12-18(26)16-10-23-20(24-11-16)25-6-8-27-9-7-25/h2-5,10-12,14-15H,6-9,13H2,1H3/t15-/m0/s1. The number of rotatable bonds is 6. The van der Waals surface area contributed by atoms with Crippen molar-refractivity contribution in [3.05, 3.63) is 54.2 Å². The average molecular weight is 400 g/mol. The van der Waals surface area contributed by atoms with E-state index in [0.29, 0.717) is 30.5 Å². The summed E-state index contributed by atoms with van der Waals surface area (Å²) in [5.41, 5.74) is 1.86. The number of para-hydroxylation sites is 1. The Morgan fingerprint density at radius 1 is 1.14 bits per heavy atom. The Balaban J connectivity index is 1.45. The number of anilines is 1. The second kappa shape index (κ2) is 8.58. The van der Waals surface area contributed by atoms with Gasteiger partial charge in [-0.05, 0) is 19.1 Å². The predicted octanol–water partition coefficient (Wildman–Crippen LogP) is 3.30. The third-order valence-corrected chi connectivity index (χ3v) is 4.87. The largest absolute Gasteiger partial charge is 0.487 e. The molecule has 0 amide bonds. The number of hydrogen-bond donors (Lipinski definition) is 0. The topological polar surface area (TPSA) is 65.3 Å². The fourth-order valence-electron chi connectivity index (χ4n) is 3.16. The van der Waals surface area contributed by atoms with E-state index in [-0.39, 0.29) is 6.10 Å². The van der Waals surface area contributed by atoms with Crippen molar-refractivity contribution < 1.29 is 9.47 Å². The van der Waals surface area contributed by atoms with E-state index in [1.165, 1.54) is 0 Å². The molecule has 0 saturated carbocycles. The normalized spacial score (nSPS) is 15.4.